The molecule has 1 saturated heterocycles. The number of benzene rings is 5. The van der Waals surface area contributed by atoms with E-state index in [1.165, 1.54) is 67.8 Å². The number of halogens is 3. The highest BCUT2D eigenvalue weighted by Crippen LogP contribution is 2.34. The van der Waals surface area contributed by atoms with E-state index in [9.17, 15) is 13.2 Å². The first-order valence-corrected chi connectivity index (χ1v) is 17.4. The van der Waals surface area contributed by atoms with Gasteiger partial charge >= 0.3 is 6.18 Å². The number of aryl methyl sites for hydroxylation is 4. The number of hydrogen-bond donors (Lipinski definition) is 0. The van der Waals surface area contributed by atoms with E-state index in [1.54, 1.807) is 12.1 Å². The minimum Gasteiger partial charge on any atom is -0.364 e. The summed E-state index contributed by atoms with van der Waals surface area (Å²) in [4.78, 5) is 4.83. The topological polar surface area (TPSA) is 6.48 Å². The largest absolute Gasteiger partial charge is 0.416 e. The maximum Gasteiger partial charge on any atom is 0.416 e. The van der Waals surface area contributed by atoms with Gasteiger partial charge in [-0.2, -0.15) is 13.2 Å². The first-order chi connectivity index (χ1) is 23.4. The predicted octanol–water partition coefficient (Wildman–Crippen LogP) is 11.6. The van der Waals surface area contributed by atoms with Gasteiger partial charge in [-0.1, -0.05) is 60.7 Å². The van der Waals surface area contributed by atoms with Crippen molar-refractivity contribution in [3.05, 3.63) is 147 Å². The van der Waals surface area contributed by atoms with E-state index in [1.807, 2.05) is 0 Å². The maximum atomic E-state index is 13.5. The van der Waals surface area contributed by atoms with Crippen LogP contribution in [0.15, 0.2) is 97.1 Å². The number of rotatable bonds is 8. The lowest BCUT2D eigenvalue weighted by Crippen LogP contribution is -2.44. The third-order valence-corrected chi connectivity index (χ3v) is 10.7. The molecule has 0 aliphatic carbocycles. The number of anilines is 1. The lowest BCUT2D eigenvalue weighted by molar-refractivity contribution is -0.137. The lowest BCUT2D eigenvalue weighted by Gasteiger charge is -2.40. The van der Waals surface area contributed by atoms with Crippen LogP contribution in [0.5, 0.6) is 0 Å². The van der Waals surface area contributed by atoms with Crippen LogP contribution in [-0.4, -0.2) is 24.0 Å². The van der Waals surface area contributed by atoms with Crippen molar-refractivity contribution in [1.82, 2.24) is 4.90 Å². The van der Waals surface area contributed by atoms with Crippen LogP contribution < -0.4 is 4.90 Å². The van der Waals surface area contributed by atoms with E-state index in [-0.39, 0.29) is 6.04 Å². The summed E-state index contributed by atoms with van der Waals surface area (Å²) in [6, 6.07) is 32.5. The van der Waals surface area contributed by atoms with Crippen LogP contribution in [0.1, 0.15) is 62.9 Å². The molecule has 0 radical (unpaired) electrons. The molecule has 0 unspecified atom stereocenters. The van der Waals surface area contributed by atoms with Gasteiger partial charge in [0.25, 0.3) is 0 Å². The van der Waals surface area contributed by atoms with Gasteiger partial charge in [-0.05, 0) is 158 Å². The van der Waals surface area contributed by atoms with Crippen LogP contribution in [0, 0.1) is 41.5 Å². The van der Waals surface area contributed by atoms with Gasteiger partial charge in [-0.15, -0.1) is 0 Å². The first kappa shape index (κ1) is 34.5. The predicted molar refractivity (Wildman–Crippen MR) is 198 cm³/mol. The fourth-order valence-corrected chi connectivity index (χ4v) is 7.22. The number of nitrogens with zero attached hydrogens (tertiary/aromatic N) is 2. The molecule has 2 nitrogen and oxygen atoms in total. The molecule has 0 amide bonds. The van der Waals surface area contributed by atoms with Crippen molar-refractivity contribution < 1.29 is 13.2 Å². The van der Waals surface area contributed by atoms with E-state index in [0.717, 1.165) is 49.3 Å². The van der Waals surface area contributed by atoms with Gasteiger partial charge in [0, 0.05) is 37.9 Å². The van der Waals surface area contributed by atoms with Gasteiger partial charge in [0.05, 0.1) is 5.56 Å². The fraction of sp³-hybridized carbons (Fsp3) is 0.318. The smallest absolute Gasteiger partial charge is 0.364 e. The van der Waals surface area contributed by atoms with Gasteiger partial charge in [-0.3, -0.25) is 4.90 Å². The molecule has 5 heteroatoms. The van der Waals surface area contributed by atoms with Crippen LogP contribution in [0.4, 0.5) is 18.9 Å². The van der Waals surface area contributed by atoms with Crippen LogP contribution in [-0.2, 0) is 19.3 Å². The molecule has 0 saturated carbocycles. The third kappa shape index (κ3) is 7.94. The molecule has 1 aliphatic rings. The highest BCUT2D eigenvalue weighted by molar-refractivity contribution is 5.68. The Morgan fingerprint density at radius 2 is 1.06 bits per heavy atom. The van der Waals surface area contributed by atoms with E-state index >= 15 is 0 Å². The van der Waals surface area contributed by atoms with E-state index in [2.05, 4.69) is 124 Å². The van der Waals surface area contributed by atoms with Crippen molar-refractivity contribution >= 4 is 5.69 Å². The molecule has 49 heavy (non-hydrogen) atoms. The standard InChI is InChI=1S/C44H47F3N2/c1-29-21-39(22-30(2)33(29)5)37-11-7-9-35(25-37)27-48-19-17-43(18-20-48)49(42-15-13-41(14-16-42)44(45,46)47)28-36-10-8-12-38(26-36)40-23-31(3)34(6)32(4)24-40/h7-16,21-26,43H,17-20,27-28H2,1-6H3. The molecule has 5 aromatic carbocycles. The molecule has 0 atom stereocenters. The summed E-state index contributed by atoms with van der Waals surface area (Å²) in [6.45, 7) is 16.3. The molecule has 254 valence electrons. The second-order valence-electron chi connectivity index (χ2n) is 14.1. The zero-order chi connectivity index (χ0) is 34.9. The molecule has 5 aromatic rings. The van der Waals surface area contributed by atoms with Gasteiger partial charge < -0.3 is 4.90 Å². The summed E-state index contributed by atoms with van der Waals surface area (Å²) < 4.78 is 40.5. The summed E-state index contributed by atoms with van der Waals surface area (Å²) in [7, 11) is 0. The highest BCUT2D eigenvalue weighted by atomic mass is 19.4. The Balaban J connectivity index is 1.20. The summed E-state index contributed by atoms with van der Waals surface area (Å²) in [5.41, 5.74) is 15.3. The normalized spacial score (nSPS) is 14.3. The Morgan fingerprint density at radius 3 is 1.55 bits per heavy atom. The summed E-state index contributed by atoms with van der Waals surface area (Å²) in [5.74, 6) is 0. The average molecular weight is 661 g/mol. The van der Waals surface area contributed by atoms with Crippen molar-refractivity contribution in [2.75, 3.05) is 18.0 Å². The molecule has 1 fully saturated rings. The van der Waals surface area contributed by atoms with E-state index < -0.39 is 11.7 Å². The van der Waals surface area contributed by atoms with Gasteiger partial charge in [-0.25, -0.2) is 0 Å². The molecule has 0 aromatic heterocycles. The van der Waals surface area contributed by atoms with E-state index in [0.29, 0.717) is 6.54 Å². The molecular weight excluding hydrogens is 613 g/mol. The summed E-state index contributed by atoms with van der Waals surface area (Å²) >= 11 is 0. The van der Waals surface area contributed by atoms with Crippen molar-refractivity contribution in [1.29, 1.82) is 0 Å². The first-order valence-electron chi connectivity index (χ1n) is 17.4. The number of alkyl halides is 3. The van der Waals surface area contributed by atoms with E-state index in [4.69, 9.17) is 0 Å². The number of piperidine rings is 1. The SMILES string of the molecule is Cc1cc(-c2cccc(CN3CCC(N(Cc4cccc(-c5cc(C)c(C)c(C)c5)c4)c4ccc(C(F)(F)F)cc4)CC3)c2)cc(C)c1C. The number of hydrogen-bond acceptors (Lipinski definition) is 2. The van der Waals surface area contributed by atoms with Gasteiger partial charge in [0.1, 0.15) is 0 Å². The van der Waals surface area contributed by atoms with Crippen LogP contribution in [0.25, 0.3) is 22.3 Å². The second kappa shape index (κ2) is 14.2. The minimum absolute atomic E-state index is 0.213. The maximum absolute atomic E-state index is 13.5. The molecule has 1 heterocycles. The second-order valence-corrected chi connectivity index (χ2v) is 14.1. The number of likely N-dealkylation sites (tertiary alicyclic amines) is 1. The minimum atomic E-state index is -4.36. The molecule has 0 spiro atoms. The Hall–Kier alpha value is -4.35. The van der Waals surface area contributed by atoms with Crippen molar-refractivity contribution in [3.8, 4) is 22.3 Å². The molecule has 0 bridgehead atoms. The van der Waals surface area contributed by atoms with Gasteiger partial charge in [0.15, 0.2) is 0 Å². The lowest BCUT2D eigenvalue weighted by atomic mass is 9.95. The van der Waals surface area contributed by atoms with Crippen molar-refractivity contribution in [3.63, 3.8) is 0 Å². The molecule has 1 aliphatic heterocycles. The average Bonchev–Trinajstić information content (AvgIpc) is 3.08. The Morgan fingerprint density at radius 1 is 0.592 bits per heavy atom. The Kier molecular flexibility index (Phi) is 10.0. The van der Waals surface area contributed by atoms with Crippen LogP contribution >= 0.6 is 0 Å². The Labute approximate surface area is 290 Å². The zero-order valence-electron chi connectivity index (χ0n) is 29.6. The zero-order valence-corrected chi connectivity index (χ0v) is 29.6. The van der Waals surface area contributed by atoms with Gasteiger partial charge in [0.2, 0.25) is 0 Å². The monoisotopic (exact) mass is 660 g/mol. The summed E-state index contributed by atoms with van der Waals surface area (Å²) in [5, 5.41) is 0. The Bertz CT molecular complexity index is 1890. The highest BCUT2D eigenvalue weighted by Gasteiger charge is 2.31. The van der Waals surface area contributed by atoms with Crippen molar-refractivity contribution in [2.45, 2.75) is 79.7 Å². The summed E-state index contributed by atoms with van der Waals surface area (Å²) in [6.07, 6.45) is -2.48. The molecular formula is C44H47F3N2. The van der Waals surface area contributed by atoms with Crippen molar-refractivity contribution in [2.24, 2.45) is 0 Å². The van der Waals surface area contributed by atoms with Crippen LogP contribution in [0.2, 0.25) is 0 Å². The third-order valence-electron chi connectivity index (χ3n) is 10.7. The molecule has 6 rings (SSSR count). The quantitative estimate of drug-likeness (QED) is 0.163. The van der Waals surface area contributed by atoms with Crippen LogP contribution in [0.3, 0.4) is 0 Å². The fourth-order valence-electron chi connectivity index (χ4n) is 7.22. The molecule has 0 N–H and O–H groups in total.